The molecule has 0 aromatic heterocycles. The van der Waals surface area contributed by atoms with Crippen molar-refractivity contribution in [3.05, 3.63) is 41.7 Å². The SMILES string of the molecule is CC=C(CC)P(O)Oc1ccccc1. The van der Waals surface area contributed by atoms with Crippen molar-refractivity contribution >= 4 is 8.38 Å². The Morgan fingerprint density at radius 2 is 2.07 bits per heavy atom. The van der Waals surface area contributed by atoms with Crippen LogP contribution in [0.2, 0.25) is 0 Å². The van der Waals surface area contributed by atoms with Crippen LogP contribution in [0, 0.1) is 0 Å². The topological polar surface area (TPSA) is 29.5 Å². The molecule has 1 unspecified atom stereocenters. The Balaban J connectivity index is 2.61. The maximum atomic E-state index is 9.74. The Morgan fingerprint density at radius 1 is 1.43 bits per heavy atom. The number of allylic oxidation sites excluding steroid dienone is 2. The minimum absolute atomic E-state index is 0.717. The molecule has 76 valence electrons. The van der Waals surface area contributed by atoms with Gasteiger partial charge in [-0.15, -0.1) is 0 Å². The Kier molecular flexibility index (Phi) is 4.64. The second-order valence-electron chi connectivity index (χ2n) is 2.81. The van der Waals surface area contributed by atoms with Gasteiger partial charge < -0.3 is 9.42 Å². The van der Waals surface area contributed by atoms with Gasteiger partial charge in [0.25, 0.3) is 8.38 Å². The van der Waals surface area contributed by atoms with Gasteiger partial charge in [-0.2, -0.15) is 0 Å². The van der Waals surface area contributed by atoms with Gasteiger partial charge in [-0.3, -0.25) is 0 Å². The van der Waals surface area contributed by atoms with E-state index < -0.39 is 8.38 Å². The van der Waals surface area contributed by atoms with Gasteiger partial charge in [0.15, 0.2) is 0 Å². The lowest BCUT2D eigenvalue weighted by Gasteiger charge is -2.13. The Morgan fingerprint density at radius 3 is 2.57 bits per heavy atom. The van der Waals surface area contributed by atoms with E-state index in [1.165, 1.54) is 0 Å². The van der Waals surface area contributed by atoms with Gasteiger partial charge >= 0.3 is 0 Å². The summed E-state index contributed by atoms with van der Waals surface area (Å²) in [6.45, 7) is 3.92. The summed E-state index contributed by atoms with van der Waals surface area (Å²) in [6.07, 6.45) is 2.74. The molecule has 14 heavy (non-hydrogen) atoms. The third kappa shape index (κ3) is 3.13. The molecule has 1 aromatic rings. The summed E-state index contributed by atoms with van der Waals surface area (Å²) in [6, 6.07) is 9.38. The highest BCUT2D eigenvalue weighted by Gasteiger charge is 2.10. The van der Waals surface area contributed by atoms with Gasteiger partial charge in [0.05, 0.1) is 0 Å². The highest BCUT2D eigenvalue weighted by molar-refractivity contribution is 7.51. The molecule has 0 bridgehead atoms. The predicted octanol–water partition coefficient (Wildman–Crippen LogP) is 3.68. The van der Waals surface area contributed by atoms with Crippen LogP contribution < -0.4 is 4.52 Å². The minimum atomic E-state index is -1.46. The van der Waals surface area contributed by atoms with Crippen molar-refractivity contribution in [2.75, 3.05) is 0 Å². The molecule has 1 aromatic carbocycles. The fourth-order valence-electron chi connectivity index (χ4n) is 1.09. The molecular formula is C11H15O2P. The molecule has 0 saturated carbocycles. The van der Waals surface area contributed by atoms with Gasteiger partial charge in [0, 0.05) is 5.31 Å². The van der Waals surface area contributed by atoms with Crippen LogP contribution in [-0.2, 0) is 0 Å². The molecule has 1 rings (SSSR count). The molecule has 1 atom stereocenters. The largest absolute Gasteiger partial charge is 0.444 e. The van der Waals surface area contributed by atoms with Crippen molar-refractivity contribution in [3.8, 4) is 5.75 Å². The summed E-state index contributed by atoms with van der Waals surface area (Å²) in [5.41, 5.74) is 0. The molecule has 0 radical (unpaired) electrons. The second-order valence-corrected chi connectivity index (χ2v) is 4.11. The van der Waals surface area contributed by atoms with Crippen molar-refractivity contribution in [2.45, 2.75) is 20.3 Å². The van der Waals surface area contributed by atoms with Crippen LogP contribution in [0.4, 0.5) is 0 Å². The summed E-state index contributed by atoms with van der Waals surface area (Å²) in [5, 5.41) is 0.962. The lowest BCUT2D eigenvalue weighted by molar-refractivity contribution is 0.493. The monoisotopic (exact) mass is 210 g/mol. The van der Waals surface area contributed by atoms with Crippen molar-refractivity contribution in [2.24, 2.45) is 0 Å². The number of para-hydroxylation sites is 1. The molecular weight excluding hydrogens is 195 g/mol. The quantitative estimate of drug-likeness (QED) is 0.768. The van der Waals surface area contributed by atoms with Crippen LogP contribution in [0.5, 0.6) is 5.75 Å². The van der Waals surface area contributed by atoms with Crippen LogP contribution in [0.25, 0.3) is 0 Å². The smallest absolute Gasteiger partial charge is 0.257 e. The van der Waals surface area contributed by atoms with Crippen molar-refractivity contribution < 1.29 is 9.42 Å². The highest BCUT2D eigenvalue weighted by atomic mass is 31.2. The Bertz CT molecular complexity index is 295. The van der Waals surface area contributed by atoms with E-state index in [2.05, 4.69) is 0 Å². The number of hydrogen-bond acceptors (Lipinski definition) is 2. The zero-order valence-corrected chi connectivity index (χ0v) is 9.37. The van der Waals surface area contributed by atoms with Crippen LogP contribution in [0.3, 0.4) is 0 Å². The van der Waals surface area contributed by atoms with Gasteiger partial charge in [-0.05, 0) is 25.5 Å². The van der Waals surface area contributed by atoms with E-state index in [4.69, 9.17) is 4.52 Å². The zero-order valence-electron chi connectivity index (χ0n) is 8.47. The molecule has 3 heteroatoms. The number of hydrogen-bond donors (Lipinski definition) is 1. The Labute approximate surface area is 86.1 Å². The van der Waals surface area contributed by atoms with Gasteiger partial charge in [0.1, 0.15) is 5.75 Å². The van der Waals surface area contributed by atoms with E-state index in [9.17, 15) is 4.89 Å². The van der Waals surface area contributed by atoms with E-state index >= 15 is 0 Å². The summed E-state index contributed by atoms with van der Waals surface area (Å²) >= 11 is 0. The molecule has 0 heterocycles. The fraction of sp³-hybridized carbons (Fsp3) is 0.273. The first-order chi connectivity index (χ1) is 6.77. The summed E-state index contributed by atoms with van der Waals surface area (Å²) < 4.78 is 5.41. The van der Waals surface area contributed by atoms with Crippen LogP contribution in [-0.4, -0.2) is 4.89 Å². The third-order valence-electron chi connectivity index (χ3n) is 1.88. The first-order valence-corrected chi connectivity index (χ1v) is 5.86. The third-order valence-corrected chi connectivity index (χ3v) is 3.33. The maximum Gasteiger partial charge on any atom is 0.257 e. The van der Waals surface area contributed by atoms with E-state index in [1.54, 1.807) is 0 Å². The first-order valence-electron chi connectivity index (χ1n) is 4.65. The lowest BCUT2D eigenvalue weighted by Crippen LogP contribution is -1.89. The van der Waals surface area contributed by atoms with Gasteiger partial charge in [-0.1, -0.05) is 31.2 Å². The summed E-state index contributed by atoms with van der Waals surface area (Å²) in [7, 11) is -1.46. The van der Waals surface area contributed by atoms with Gasteiger partial charge in [0.2, 0.25) is 0 Å². The average Bonchev–Trinajstić information content (AvgIpc) is 2.21. The normalized spacial score (nSPS) is 13.8. The van der Waals surface area contributed by atoms with Crippen LogP contribution in [0.1, 0.15) is 20.3 Å². The summed E-state index contributed by atoms with van der Waals surface area (Å²) in [5.74, 6) is 0.717. The molecule has 0 saturated heterocycles. The molecule has 1 N–H and O–H groups in total. The standard InChI is InChI=1S/C11H15O2P/c1-3-11(4-2)14(12)13-10-8-6-5-7-9-10/h3,5-9,12H,4H2,1-2H3. The first kappa shape index (κ1) is 11.2. The van der Waals surface area contributed by atoms with Crippen LogP contribution >= 0.6 is 8.38 Å². The van der Waals surface area contributed by atoms with Crippen molar-refractivity contribution in [3.63, 3.8) is 0 Å². The molecule has 0 amide bonds. The molecule has 0 spiro atoms. The van der Waals surface area contributed by atoms with Crippen molar-refractivity contribution in [1.82, 2.24) is 0 Å². The fourth-order valence-corrected chi connectivity index (χ4v) is 2.02. The van der Waals surface area contributed by atoms with E-state index in [0.29, 0.717) is 5.75 Å². The van der Waals surface area contributed by atoms with Crippen molar-refractivity contribution in [1.29, 1.82) is 0 Å². The van der Waals surface area contributed by atoms with E-state index in [0.717, 1.165) is 11.7 Å². The predicted molar refractivity (Wildman–Crippen MR) is 60.3 cm³/mol. The molecule has 0 fully saturated rings. The minimum Gasteiger partial charge on any atom is -0.444 e. The van der Waals surface area contributed by atoms with E-state index in [-0.39, 0.29) is 0 Å². The average molecular weight is 210 g/mol. The van der Waals surface area contributed by atoms with E-state index in [1.807, 2.05) is 50.3 Å². The molecule has 2 nitrogen and oxygen atoms in total. The second kappa shape index (κ2) is 5.79. The molecule has 0 aliphatic carbocycles. The highest BCUT2D eigenvalue weighted by Crippen LogP contribution is 2.43. The maximum absolute atomic E-state index is 9.74. The molecule has 0 aliphatic rings. The number of rotatable bonds is 4. The number of benzene rings is 1. The summed E-state index contributed by atoms with van der Waals surface area (Å²) in [4.78, 5) is 9.74. The molecule has 0 aliphatic heterocycles. The zero-order chi connectivity index (χ0) is 10.4. The van der Waals surface area contributed by atoms with Crippen LogP contribution in [0.15, 0.2) is 41.7 Å². The van der Waals surface area contributed by atoms with Gasteiger partial charge in [-0.25, -0.2) is 0 Å². The Hall–Kier alpha value is -0.850. The lowest BCUT2D eigenvalue weighted by atomic mass is 10.3.